The van der Waals surface area contributed by atoms with Crippen LogP contribution in [0.5, 0.6) is 5.75 Å². The van der Waals surface area contributed by atoms with Crippen LogP contribution in [0.25, 0.3) is 11.1 Å². The molecule has 0 amide bonds. The zero-order valence-corrected chi connectivity index (χ0v) is 20.0. The Hall–Kier alpha value is -2.84. The highest BCUT2D eigenvalue weighted by atomic mass is 32.2. The Bertz CT molecular complexity index is 1330. The Morgan fingerprint density at radius 2 is 1.79 bits per heavy atom. The van der Waals surface area contributed by atoms with Gasteiger partial charge in [-0.15, -0.1) is 0 Å². The first-order valence-corrected chi connectivity index (χ1v) is 12.4. The Labute approximate surface area is 197 Å². The lowest BCUT2D eigenvalue weighted by Crippen LogP contribution is -2.32. The first-order chi connectivity index (χ1) is 15.8. The fourth-order valence-electron chi connectivity index (χ4n) is 4.09. The molecule has 3 aromatic rings. The highest BCUT2D eigenvalue weighted by Gasteiger charge is 2.30. The summed E-state index contributed by atoms with van der Waals surface area (Å²) in [5, 5.41) is 0. The fourth-order valence-corrected chi connectivity index (χ4v) is 5.15. The lowest BCUT2D eigenvalue weighted by Gasteiger charge is -2.32. The van der Waals surface area contributed by atoms with E-state index in [1.165, 1.54) is 12.1 Å². The largest absolute Gasteiger partial charge is 0.488 e. The van der Waals surface area contributed by atoms with Crippen molar-refractivity contribution in [2.75, 3.05) is 0 Å². The number of fused-ring (bicyclic) bond motifs is 1. The van der Waals surface area contributed by atoms with Gasteiger partial charge in [0.25, 0.3) is 0 Å². The second kappa shape index (κ2) is 8.74. The maximum Gasteiger partial charge on any atom is 0.416 e. The van der Waals surface area contributed by atoms with E-state index in [2.05, 4.69) is 4.72 Å². The molecule has 34 heavy (non-hydrogen) atoms. The van der Waals surface area contributed by atoms with Crippen molar-refractivity contribution in [1.29, 1.82) is 0 Å². The zero-order chi connectivity index (χ0) is 24.7. The van der Waals surface area contributed by atoms with Gasteiger partial charge in [0.05, 0.1) is 10.5 Å². The Kier molecular flexibility index (Phi) is 6.25. The molecule has 0 bridgehead atoms. The lowest BCUT2D eigenvalue weighted by molar-refractivity contribution is -0.137. The zero-order valence-electron chi connectivity index (χ0n) is 19.2. The van der Waals surface area contributed by atoms with Crippen molar-refractivity contribution in [2.24, 2.45) is 0 Å². The third-order valence-electron chi connectivity index (χ3n) is 5.98. The predicted octanol–water partition coefficient (Wildman–Crippen LogP) is 6.26. The number of alkyl halides is 3. The van der Waals surface area contributed by atoms with Gasteiger partial charge in [-0.2, -0.15) is 13.2 Å². The first-order valence-electron chi connectivity index (χ1n) is 10.9. The van der Waals surface area contributed by atoms with E-state index in [0.29, 0.717) is 22.4 Å². The normalized spacial score (nSPS) is 15.5. The predicted molar refractivity (Wildman–Crippen MR) is 125 cm³/mol. The van der Waals surface area contributed by atoms with E-state index in [0.717, 1.165) is 36.1 Å². The van der Waals surface area contributed by atoms with Crippen LogP contribution < -0.4 is 9.46 Å². The summed E-state index contributed by atoms with van der Waals surface area (Å²) < 4.78 is 73.4. The van der Waals surface area contributed by atoms with Gasteiger partial charge in [-0.1, -0.05) is 30.3 Å². The Morgan fingerprint density at radius 3 is 2.50 bits per heavy atom. The highest BCUT2D eigenvalue weighted by molar-refractivity contribution is 7.89. The van der Waals surface area contributed by atoms with E-state index in [-0.39, 0.29) is 17.0 Å². The molecular formula is C26H26F3NO3S. The number of rotatable bonds is 5. The Morgan fingerprint density at radius 1 is 1.03 bits per heavy atom. The summed E-state index contributed by atoms with van der Waals surface area (Å²) in [6.07, 6.45) is -2.88. The van der Waals surface area contributed by atoms with E-state index in [9.17, 15) is 21.6 Å². The summed E-state index contributed by atoms with van der Waals surface area (Å²) in [6, 6.07) is 15.2. The number of sulfonamides is 1. The van der Waals surface area contributed by atoms with Crippen molar-refractivity contribution in [3.8, 4) is 16.9 Å². The molecule has 1 aliphatic rings. The van der Waals surface area contributed by atoms with Gasteiger partial charge in [0, 0.05) is 6.54 Å². The minimum Gasteiger partial charge on any atom is -0.488 e. The SMILES string of the molecule is Cc1cc(CNS(=O)(=O)c2ccc3c(c2)CCC(C)(C)O3)ccc1-c1cccc(C(F)(F)F)c1. The second-order valence-corrected chi connectivity index (χ2v) is 11.0. The molecule has 1 N–H and O–H groups in total. The molecule has 0 saturated carbocycles. The van der Waals surface area contributed by atoms with Crippen LogP contribution in [0.2, 0.25) is 0 Å². The van der Waals surface area contributed by atoms with Crippen LogP contribution in [0.1, 0.15) is 42.5 Å². The van der Waals surface area contributed by atoms with Crippen LogP contribution in [0, 0.1) is 6.92 Å². The van der Waals surface area contributed by atoms with Crippen LogP contribution in [0.4, 0.5) is 13.2 Å². The van der Waals surface area contributed by atoms with Crippen molar-refractivity contribution < 1.29 is 26.3 Å². The minimum absolute atomic E-state index is 0.0622. The van der Waals surface area contributed by atoms with Gasteiger partial charge in [0.15, 0.2) is 0 Å². The number of hydrogen-bond acceptors (Lipinski definition) is 3. The summed E-state index contributed by atoms with van der Waals surface area (Å²) in [5.74, 6) is 0.705. The molecule has 180 valence electrons. The van der Waals surface area contributed by atoms with Gasteiger partial charge >= 0.3 is 6.18 Å². The molecule has 0 spiro atoms. The average Bonchev–Trinajstić information content (AvgIpc) is 2.76. The van der Waals surface area contributed by atoms with Gasteiger partial charge in [-0.25, -0.2) is 13.1 Å². The maximum absolute atomic E-state index is 13.1. The molecule has 0 atom stereocenters. The van der Waals surface area contributed by atoms with Crippen molar-refractivity contribution in [3.63, 3.8) is 0 Å². The summed E-state index contributed by atoms with van der Waals surface area (Å²) in [5.41, 5.74) is 2.46. The average molecular weight is 490 g/mol. The molecule has 8 heteroatoms. The van der Waals surface area contributed by atoms with Crippen LogP contribution >= 0.6 is 0 Å². The number of ether oxygens (including phenoxy) is 1. The molecule has 0 unspecified atom stereocenters. The molecule has 1 aliphatic heterocycles. The summed E-state index contributed by atoms with van der Waals surface area (Å²) >= 11 is 0. The van der Waals surface area contributed by atoms with Gasteiger partial charge < -0.3 is 4.74 Å². The number of nitrogens with one attached hydrogen (secondary N) is 1. The van der Waals surface area contributed by atoms with Crippen LogP contribution in [0.15, 0.2) is 65.6 Å². The van der Waals surface area contributed by atoms with Crippen LogP contribution in [-0.4, -0.2) is 14.0 Å². The van der Waals surface area contributed by atoms with E-state index >= 15 is 0 Å². The third-order valence-corrected chi connectivity index (χ3v) is 7.38. The second-order valence-electron chi connectivity index (χ2n) is 9.18. The van der Waals surface area contributed by atoms with Crippen molar-refractivity contribution in [2.45, 2.75) is 56.8 Å². The van der Waals surface area contributed by atoms with E-state index < -0.39 is 21.8 Å². The molecule has 0 fully saturated rings. The van der Waals surface area contributed by atoms with E-state index in [1.54, 1.807) is 43.3 Å². The Balaban J connectivity index is 1.50. The maximum atomic E-state index is 13.1. The highest BCUT2D eigenvalue weighted by Crippen LogP contribution is 2.35. The quantitative estimate of drug-likeness (QED) is 0.460. The van der Waals surface area contributed by atoms with Crippen LogP contribution in [-0.2, 0) is 29.2 Å². The number of aryl methyl sites for hydroxylation is 2. The van der Waals surface area contributed by atoms with Gasteiger partial charge in [-0.3, -0.25) is 0 Å². The fraction of sp³-hybridized carbons (Fsp3) is 0.308. The molecule has 4 nitrogen and oxygen atoms in total. The molecule has 0 aliphatic carbocycles. The molecule has 0 radical (unpaired) electrons. The monoisotopic (exact) mass is 489 g/mol. The topological polar surface area (TPSA) is 55.4 Å². The number of halogens is 3. The van der Waals surface area contributed by atoms with E-state index in [4.69, 9.17) is 4.74 Å². The smallest absolute Gasteiger partial charge is 0.416 e. The number of hydrogen-bond donors (Lipinski definition) is 1. The summed E-state index contributed by atoms with van der Waals surface area (Å²) in [7, 11) is -3.75. The van der Waals surface area contributed by atoms with Crippen molar-refractivity contribution >= 4 is 10.0 Å². The lowest BCUT2D eigenvalue weighted by atomic mass is 9.94. The van der Waals surface area contributed by atoms with Gasteiger partial charge in [-0.05, 0) is 91.8 Å². The standard InChI is InChI=1S/C26H26F3NO3S/c1-17-13-18(7-9-23(17)19-5-4-6-21(14-19)26(27,28)29)16-30-34(31,32)22-8-10-24-20(15-22)11-12-25(2,3)33-24/h4-10,13-15,30H,11-12,16H2,1-3H3. The van der Waals surface area contributed by atoms with Crippen molar-refractivity contribution in [1.82, 2.24) is 4.72 Å². The first kappa shape index (κ1) is 24.3. The molecule has 4 rings (SSSR count). The summed E-state index contributed by atoms with van der Waals surface area (Å²) in [6.45, 7) is 5.86. The third kappa shape index (κ3) is 5.28. The minimum atomic E-state index is -4.42. The molecular weight excluding hydrogens is 463 g/mol. The van der Waals surface area contributed by atoms with Gasteiger partial charge in [0.1, 0.15) is 11.4 Å². The molecule has 3 aromatic carbocycles. The summed E-state index contributed by atoms with van der Waals surface area (Å²) in [4.78, 5) is 0.173. The number of benzene rings is 3. The molecule has 0 aromatic heterocycles. The van der Waals surface area contributed by atoms with E-state index in [1.807, 2.05) is 13.8 Å². The van der Waals surface area contributed by atoms with Crippen LogP contribution in [0.3, 0.4) is 0 Å². The molecule has 0 saturated heterocycles. The molecule has 1 heterocycles. The van der Waals surface area contributed by atoms with Crippen molar-refractivity contribution in [3.05, 3.63) is 82.9 Å². The van der Waals surface area contributed by atoms with Gasteiger partial charge in [0.2, 0.25) is 10.0 Å².